The van der Waals surface area contributed by atoms with Gasteiger partial charge in [-0.1, -0.05) is 0 Å². The lowest BCUT2D eigenvalue weighted by molar-refractivity contribution is -0.136. The van der Waals surface area contributed by atoms with E-state index in [1.807, 2.05) is 19.3 Å². The van der Waals surface area contributed by atoms with Crippen molar-refractivity contribution in [1.82, 2.24) is 20.0 Å². The molecule has 6 nitrogen and oxygen atoms in total. The standard InChI is InChI=1S/C10H12N4O2/c1-14-3-2-8(13-14)4-7-6-11-12-9(7)5-10(15)16/h2-3,6H,4-5H2,1H3,(H,11,12)(H,15,16). The van der Waals surface area contributed by atoms with Gasteiger partial charge in [0.1, 0.15) is 0 Å². The molecule has 2 N–H and O–H groups in total. The highest BCUT2D eigenvalue weighted by atomic mass is 16.4. The fourth-order valence-corrected chi connectivity index (χ4v) is 1.55. The molecule has 0 aromatic carbocycles. The molecule has 0 atom stereocenters. The topological polar surface area (TPSA) is 83.8 Å². The molecule has 0 saturated carbocycles. The molecule has 2 aromatic rings. The van der Waals surface area contributed by atoms with Crippen LogP contribution in [0.3, 0.4) is 0 Å². The van der Waals surface area contributed by atoms with Crippen LogP contribution in [0.15, 0.2) is 18.5 Å². The molecule has 0 aliphatic heterocycles. The Labute approximate surface area is 91.9 Å². The van der Waals surface area contributed by atoms with Crippen molar-refractivity contribution in [2.75, 3.05) is 0 Å². The van der Waals surface area contributed by atoms with Crippen molar-refractivity contribution in [2.45, 2.75) is 12.8 Å². The molecule has 0 saturated heterocycles. The summed E-state index contributed by atoms with van der Waals surface area (Å²) in [6, 6.07) is 1.90. The quantitative estimate of drug-likeness (QED) is 0.779. The average Bonchev–Trinajstić information content (AvgIpc) is 2.77. The fourth-order valence-electron chi connectivity index (χ4n) is 1.55. The summed E-state index contributed by atoms with van der Waals surface area (Å²) in [4.78, 5) is 10.6. The van der Waals surface area contributed by atoms with Gasteiger partial charge in [0.25, 0.3) is 0 Å². The number of carbonyl (C=O) groups is 1. The van der Waals surface area contributed by atoms with Crippen molar-refractivity contribution in [3.63, 3.8) is 0 Å². The minimum atomic E-state index is -0.869. The Hall–Kier alpha value is -2.11. The lowest BCUT2D eigenvalue weighted by atomic mass is 10.1. The van der Waals surface area contributed by atoms with Crippen LogP contribution in [0.5, 0.6) is 0 Å². The number of nitrogens with zero attached hydrogens (tertiary/aromatic N) is 3. The average molecular weight is 220 g/mol. The van der Waals surface area contributed by atoms with Crippen molar-refractivity contribution in [1.29, 1.82) is 0 Å². The van der Waals surface area contributed by atoms with Crippen LogP contribution in [-0.2, 0) is 24.7 Å². The first-order chi connectivity index (χ1) is 7.65. The molecule has 16 heavy (non-hydrogen) atoms. The summed E-state index contributed by atoms with van der Waals surface area (Å²) < 4.78 is 1.71. The van der Waals surface area contributed by atoms with Gasteiger partial charge in [0, 0.05) is 25.4 Å². The first-order valence-electron chi connectivity index (χ1n) is 4.86. The zero-order chi connectivity index (χ0) is 11.5. The third kappa shape index (κ3) is 2.28. The Balaban J connectivity index is 2.15. The maximum Gasteiger partial charge on any atom is 0.309 e. The fraction of sp³-hybridized carbons (Fsp3) is 0.300. The Kier molecular flexibility index (Phi) is 2.72. The number of aromatic nitrogens is 4. The summed E-state index contributed by atoms with van der Waals surface area (Å²) in [6.45, 7) is 0. The minimum absolute atomic E-state index is 0.0395. The van der Waals surface area contributed by atoms with Crippen LogP contribution in [0.4, 0.5) is 0 Å². The first kappa shape index (κ1) is 10.4. The number of H-pyrrole nitrogens is 1. The summed E-state index contributed by atoms with van der Waals surface area (Å²) in [7, 11) is 1.84. The molecule has 0 aliphatic rings. The summed E-state index contributed by atoms with van der Waals surface area (Å²) >= 11 is 0. The summed E-state index contributed by atoms with van der Waals surface area (Å²) in [5, 5.41) is 19.5. The van der Waals surface area contributed by atoms with Gasteiger partial charge < -0.3 is 5.11 Å². The van der Waals surface area contributed by atoms with Crippen LogP contribution in [0, 0.1) is 0 Å². The third-order valence-corrected chi connectivity index (χ3v) is 2.28. The predicted molar refractivity (Wildman–Crippen MR) is 55.9 cm³/mol. The van der Waals surface area contributed by atoms with Crippen molar-refractivity contribution in [3.05, 3.63) is 35.4 Å². The molecule has 0 fully saturated rings. The number of carboxylic acid groups (broad SMARTS) is 1. The van der Waals surface area contributed by atoms with E-state index in [9.17, 15) is 4.79 Å². The molecule has 0 spiro atoms. The summed E-state index contributed by atoms with van der Waals surface area (Å²) in [6.07, 6.45) is 4.06. The van der Waals surface area contributed by atoms with E-state index in [0.717, 1.165) is 11.3 Å². The van der Waals surface area contributed by atoms with Crippen LogP contribution in [-0.4, -0.2) is 31.1 Å². The number of hydrogen-bond donors (Lipinski definition) is 2. The molecule has 2 heterocycles. The van der Waals surface area contributed by atoms with Gasteiger partial charge in [-0.15, -0.1) is 0 Å². The van der Waals surface area contributed by atoms with E-state index in [2.05, 4.69) is 15.3 Å². The number of carboxylic acids is 1. The largest absolute Gasteiger partial charge is 0.481 e. The Morgan fingerprint density at radius 3 is 3.06 bits per heavy atom. The Bertz CT molecular complexity index is 500. The number of hydrogen-bond acceptors (Lipinski definition) is 3. The van der Waals surface area contributed by atoms with Crippen LogP contribution < -0.4 is 0 Å². The van der Waals surface area contributed by atoms with E-state index in [1.165, 1.54) is 0 Å². The SMILES string of the molecule is Cn1ccc(Cc2cn[nH]c2CC(=O)O)n1. The van der Waals surface area contributed by atoms with Gasteiger partial charge in [0.2, 0.25) is 0 Å². The number of nitrogens with one attached hydrogen (secondary N) is 1. The van der Waals surface area contributed by atoms with E-state index >= 15 is 0 Å². The van der Waals surface area contributed by atoms with Crippen molar-refractivity contribution >= 4 is 5.97 Å². The van der Waals surface area contributed by atoms with E-state index in [0.29, 0.717) is 12.1 Å². The van der Waals surface area contributed by atoms with E-state index in [4.69, 9.17) is 5.11 Å². The van der Waals surface area contributed by atoms with Gasteiger partial charge in [-0.2, -0.15) is 10.2 Å². The lowest BCUT2D eigenvalue weighted by Gasteiger charge is -1.98. The Morgan fingerprint density at radius 1 is 1.62 bits per heavy atom. The van der Waals surface area contributed by atoms with Gasteiger partial charge >= 0.3 is 5.97 Å². The van der Waals surface area contributed by atoms with Gasteiger partial charge in [-0.05, 0) is 11.6 Å². The minimum Gasteiger partial charge on any atom is -0.481 e. The van der Waals surface area contributed by atoms with Crippen LogP contribution in [0.2, 0.25) is 0 Å². The maximum atomic E-state index is 10.6. The molecule has 2 rings (SSSR count). The number of rotatable bonds is 4. The molecular formula is C10H12N4O2. The molecule has 84 valence electrons. The monoisotopic (exact) mass is 220 g/mol. The Morgan fingerprint density at radius 2 is 2.44 bits per heavy atom. The van der Waals surface area contributed by atoms with Gasteiger partial charge in [0.15, 0.2) is 0 Å². The van der Waals surface area contributed by atoms with Gasteiger partial charge in [0.05, 0.1) is 18.3 Å². The van der Waals surface area contributed by atoms with Crippen molar-refractivity contribution < 1.29 is 9.90 Å². The van der Waals surface area contributed by atoms with E-state index in [-0.39, 0.29) is 6.42 Å². The van der Waals surface area contributed by atoms with Crippen LogP contribution >= 0.6 is 0 Å². The number of aryl methyl sites for hydroxylation is 1. The molecule has 6 heteroatoms. The predicted octanol–water partition coefficient (Wildman–Crippen LogP) is 0.361. The molecular weight excluding hydrogens is 208 g/mol. The molecule has 0 radical (unpaired) electrons. The highest BCUT2D eigenvalue weighted by Crippen LogP contribution is 2.11. The lowest BCUT2D eigenvalue weighted by Crippen LogP contribution is -2.03. The second-order valence-corrected chi connectivity index (χ2v) is 3.60. The van der Waals surface area contributed by atoms with E-state index < -0.39 is 5.97 Å². The normalized spacial score (nSPS) is 10.6. The highest BCUT2D eigenvalue weighted by molar-refractivity contribution is 5.70. The van der Waals surface area contributed by atoms with Crippen LogP contribution in [0.25, 0.3) is 0 Å². The molecule has 2 aromatic heterocycles. The van der Waals surface area contributed by atoms with Crippen LogP contribution in [0.1, 0.15) is 17.0 Å². The molecule has 0 aliphatic carbocycles. The third-order valence-electron chi connectivity index (χ3n) is 2.28. The smallest absolute Gasteiger partial charge is 0.309 e. The van der Waals surface area contributed by atoms with Crippen molar-refractivity contribution in [3.8, 4) is 0 Å². The zero-order valence-electron chi connectivity index (χ0n) is 8.84. The first-order valence-corrected chi connectivity index (χ1v) is 4.86. The molecule has 0 unspecified atom stereocenters. The second-order valence-electron chi connectivity index (χ2n) is 3.60. The molecule has 0 bridgehead atoms. The second kappa shape index (κ2) is 4.18. The van der Waals surface area contributed by atoms with Gasteiger partial charge in [-0.25, -0.2) is 0 Å². The summed E-state index contributed by atoms with van der Waals surface area (Å²) in [5.41, 5.74) is 2.41. The number of aromatic amines is 1. The molecule has 0 amide bonds. The van der Waals surface area contributed by atoms with Gasteiger partial charge in [-0.3, -0.25) is 14.6 Å². The van der Waals surface area contributed by atoms with E-state index in [1.54, 1.807) is 10.9 Å². The zero-order valence-corrected chi connectivity index (χ0v) is 8.84. The summed E-state index contributed by atoms with van der Waals surface area (Å²) in [5.74, 6) is -0.869. The van der Waals surface area contributed by atoms with Crippen molar-refractivity contribution in [2.24, 2.45) is 7.05 Å². The highest BCUT2D eigenvalue weighted by Gasteiger charge is 2.10. The maximum absolute atomic E-state index is 10.6. The number of aliphatic carboxylic acids is 1.